The van der Waals surface area contributed by atoms with Crippen LogP contribution in [0.5, 0.6) is 0 Å². The van der Waals surface area contributed by atoms with Crippen LogP contribution in [0.1, 0.15) is 18.5 Å². The van der Waals surface area contributed by atoms with Crippen molar-refractivity contribution in [1.29, 1.82) is 0 Å². The lowest BCUT2D eigenvalue weighted by Crippen LogP contribution is -2.24. The molecule has 0 saturated carbocycles. The Balaban J connectivity index is 0.00000196. The average molecular weight is 242 g/mol. The third-order valence-corrected chi connectivity index (χ3v) is 1.94. The minimum absolute atomic E-state index is 0. The predicted octanol–water partition coefficient (Wildman–Crippen LogP) is 1.91. The number of benzene rings is 1. The Morgan fingerprint density at radius 2 is 1.73 bits per heavy atom. The van der Waals surface area contributed by atoms with Gasteiger partial charge in [-0.2, -0.15) is 0 Å². The van der Waals surface area contributed by atoms with Crippen LogP contribution in [0, 0.1) is 17.5 Å². The molecule has 6 heteroatoms. The molecule has 1 aromatic rings. The smallest absolute Gasteiger partial charge is 0.194 e. The minimum atomic E-state index is -1.57. The van der Waals surface area contributed by atoms with E-state index in [1.807, 2.05) is 0 Å². The van der Waals surface area contributed by atoms with E-state index in [0.717, 1.165) is 12.1 Å². The van der Waals surface area contributed by atoms with E-state index in [2.05, 4.69) is 0 Å². The van der Waals surface area contributed by atoms with E-state index in [-0.39, 0.29) is 18.0 Å². The third kappa shape index (κ3) is 2.84. The van der Waals surface area contributed by atoms with Crippen LogP contribution in [0.2, 0.25) is 0 Å². The molecule has 15 heavy (non-hydrogen) atoms. The summed E-state index contributed by atoms with van der Waals surface area (Å²) in [5.74, 6) is -4.19. The molecule has 86 valence electrons. The first-order valence-electron chi connectivity index (χ1n) is 4.02. The maximum Gasteiger partial charge on any atom is 0.194 e. The van der Waals surface area contributed by atoms with E-state index in [9.17, 15) is 13.2 Å². The van der Waals surface area contributed by atoms with Gasteiger partial charge in [0, 0.05) is 5.56 Å². The Morgan fingerprint density at radius 3 is 2.20 bits per heavy atom. The molecule has 0 saturated heterocycles. The molecule has 0 aliphatic carbocycles. The molecule has 0 heterocycles. The summed E-state index contributed by atoms with van der Waals surface area (Å²) < 4.78 is 38.3. The van der Waals surface area contributed by atoms with Gasteiger partial charge >= 0.3 is 0 Å². The Morgan fingerprint density at radius 1 is 1.20 bits per heavy atom. The first-order valence-corrected chi connectivity index (χ1v) is 4.02. The summed E-state index contributed by atoms with van der Waals surface area (Å²) in [5, 5.41) is 9.05. The van der Waals surface area contributed by atoms with Crippen molar-refractivity contribution in [1.82, 2.24) is 0 Å². The highest BCUT2D eigenvalue weighted by Gasteiger charge is 2.20. The highest BCUT2D eigenvalue weighted by Crippen LogP contribution is 2.21. The summed E-state index contributed by atoms with van der Waals surface area (Å²) in [6, 6.07) is 0.728. The van der Waals surface area contributed by atoms with E-state index in [1.165, 1.54) is 6.92 Å². The topological polar surface area (TPSA) is 46.2 Å². The van der Waals surface area contributed by atoms with E-state index < -0.39 is 29.6 Å². The van der Waals surface area contributed by atoms with Gasteiger partial charge < -0.3 is 10.8 Å². The maximum atomic E-state index is 13.1. The molecule has 0 amide bonds. The van der Waals surface area contributed by atoms with Crippen LogP contribution in [-0.4, -0.2) is 11.2 Å². The number of hydrogen-bond acceptors (Lipinski definition) is 2. The van der Waals surface area contributed by atoms with Crippen molar-refractivity contribution < 1.29 is 18.3 Å². The van der Waals surface area contributed by atoms with Crippen molar-refractivity contribution in [2.75, 3.05) is 0 Å². The average Bonchev–Trinajstić information content (AvgIpc) is 2.13. The molecule has 2 atom stereocenters. The molecule has 0 bridgehead atoms. The van der Waals surface area contributed by atoms with Crippen LogP contribution in [0.15, 0.2) is 12.1 Å². The van der Waals surface area contributed by atoms with Gasteiger partial charge in [-0.05, 0) is 13.0 Å². The molecule has 1 aromatic carbocycles. The van der Waals surface area contributed by atoms with Crippen molar-refractivity contribution in [3.8, 4) is 0 Å². The van der Waals surface area contributed by atoms with Gasteiger partial charge in [0.15, 0.2) is 17.5 Å². The number of aliphatic hydroxyl groups is 1. The van der Waals surface area contributed by atoms with Crippen molar-refractivity contribution in [2.24, 2.45) is 5.73 Å². The SMILES string of the molecule is C[C@H](O)[C@H](N)c1ccc(F)c(F)c1F.Cl. The zero-order valence-corrected chi connectivity index (χ0v) is 8.69. The lowest BCUT2D eigenvalue weighted by Gasteiger charge is -2.15. The lowest BCUT2D eigenvalue weighted by molar-refractivity contribution is 0.162. The third-order valence-electron chi connectivity index (χ3n) is 1.94. The van der Waals surface area contributed by atoms with Crippen LogP contribution >= 0.6 is 12.4 Å². The Labute approximate surface area is 91.3 Å². The Hall–Kier alpha value is -0.780. The van der Waals surface area contributed by atoms with Crippen LogP contribution in [-0.2, 0) is 0 Å². The second-order valence-corrected chi connectivity index (χ2v) is 3.03. The van der Waals surface area contributed by atoms with Gasteiger partial charge in [0.2, 0.25) is 0 Å². The molecular formula is C9H11ClF3NO. The van der Waals surface area contributed by atoms with Gasteiger partial charge in [0.25, 0.3) is 0 Å². The van der Waals surface area contributed by atoms with E-state index in [1.54, 1.807) is 0 Å². The molecule has 0 aromatic heterocycles. The van der Waals surface area contributed by atoms with Gasteiger partial charge in [-0.1, -0.05) is 6.07 Å². The first kappa shape index (κ1) is 14.2. The molecule has 0 unspecified atom stereocenters. The second-order valence-electron chi connectivity index (χ2n) is 3.03. The van der Waals surface area contributed by atoms with Crippen molar-refractivity contribution in [2.45, 2.75) is 19.1 Å². The fourth-order valence-electron chi connectivity index (χ4n) is 1.06. The molecule has 2 nitrogen and oxygen atoms in total. The molecule has 3 N–H and O–H groups in total. The van der Waals surface area contributed by atoms with Crippen molar-refractivity contribution in [3.05, 3.63) is 35.1 Å². The number of halogens is 4. The van der Waals surface area contributed by atoms with Crippen molar-refractivity contribution >= 4 is 12.4 Å². The lowest BCUT2D eigenvalue weighted by atomic mass is 10.0. The summed E-state index contributed by atoms with van der Waals surface area (Å²) in [6.45, 7) is 1.34. The fourth-order valence-corrected chi connectivity index (χ4v) is 1.06. The molecule has 0 fully saturated rings. The first-order chi connectivity index (χ1) is 6.45. The standard InChI is InChI=1S/C9H10F3NO.ClH/c1-4(14)9(13)5-2-3-6(10)8(12)7(5)11;/h2-4,9,14H,13H2,1H3;1H/t4-,9-;/m0./s1. The zero-order valence-electron chi connectivity index (χ0n) is 7.88. The number of nitrogens with two attached hydrogens (primary N) is 1. The molecule has 0 aliphatic rings. The summed E-state index contributed by atoms with van der Waals surface area (Å²) in [5.41, 5.74) is 5.14. The monoisotopic (exact) mass is 241 g/mol. The van der Waals surface area contributed by atoms with E-state index in [0.29, 0.717) is 0 Å². The normalized spacial score (nSPS) is 14.3. The molecule has 0 aliphatic heterocycles. The molecule has 0 spiro atoms. The predicted molar refractivity (Wildman–Crippen MR) is 52.2 cm³/mol. The molecule has 0 radical (unpaired) electrons. The van der Waals surface area contributed by atoms with Gasteiger partial charge in [0.1, 0.15) is 0 Å². The second kappa shape index (κ2) is 5.34. The van der Waals surface area contributed by atoms with Gasteiger partial charge in [-0.25, -0.2) is 13.2 Å². The summed E-state index contributed by atoms with van der Waals surface area (Å²) in [6.07, 6.45) is -1.03. The van der Waals surface area contributed by atoms with Gasteiger partial charge in [-0.15, -0.1) is 12.4 Å². The number of aliphatic hydroxyl groups excluding tert-OH is 1. The van der Waals surface area contributed by atoms with Crippen LogP contribution in [0.3, 0.4) is 0 Å². The largest absolute Gasteiger partial charge is 0.391 e. The summed E-state index contributed by atoms with van der Waals surface area (Å²) in [4.78, 5) is 0. The van der Waals surface area contributed by atoms with E-state index in [4.69, 9.17) is 10.8 Å². The maximum absolute atomic E-state index is 13.1. The van der Waals surface area contributed by atoms with Crippen LogP contribution in [0.4, 0.5) is 13.2 Å². The quantitative estimate of drug-likeness (QED) is 0.777. The summed E-state index contributed by atoms with van der Waals surface area (Å²) in [7, 11) is 0. The van der Waals surface area contributed by atoms with Gasteiger partial charge in [-0.3, -0.25) is 0 Å². The molecular weight excluding hydrogens is 231 g/mol. The minimum Gasteiger partial charge on any atom is -0.391 e. The Kier molecular flexibility index (Phi) is 5.07. The zero-order chi connectivity index (χ0) is 10.9. The number of hydrogen-bond donors (Lipinski definition) is 2. The highest BCUT2D eigenvalue weighted by molar-refractivity contribution is 5.85. The number of rotatable bonds is 2. The van der Waals surface area contributed by atoms with Crippen molar-refractivity contribution in [3.63, 3.8) is 0 Å². The highest BCUT2D eigenvalue weighted by atomic mass is 35.5. The Bertz CT molecular complexity index is 346. The van der Waals surface area contributed by atoms with Gasteiger partial charge in [0.05, 0.1) is 12.1 Å². The van der Waals surface area contributed by atoms with Crippen LogP contribution in [0.25, 0.3) is 0 Å². The summed E-state index contributed by atoms with van der Waals surface area (Å²) >= 11 is 0. The fraction of sp³-hybridized carbons (Fsp3) is 0.333. The van der Waals surface area contributed by atoms with Crippen LogP contribution < -0.4 is 5.73 Å². The van der Waals surface area contributed by atoms with E-state index >= 15 is 0 Å². The molecule has 1 rings (SSSR count).